The first-order valence-electron chi connectivity index (χ1n) is 8.82. The molecule has 1 atom stereocenters. The molecule has 0 aliphatic carbocycles. The van der Waals surface area contributed by atoms with Gasteiger partial charge in [-0.3, -0.25) is 14.4 Å². The Morgan fingerprint density at radius 1 is 1.44 bits per heavy atom. The molecule has 1 aromatic heterocycles. The Kier molecular flexibility index (Phi) is 5.83. The van der Waals surface area contributed by atoms with Gasteiger partial charge in [-0.1, -0.05) is 29.8 Å². The van der Waals surface area contributed by atoms with Crippen LogP contribution < -0.4 is 5.32 Å². The molecule has 1 aliphatic rings. The standard InChI is InChI=1S/C19H26N4O2/c1-3-23-12-17(11-21-23)18-13-22(7-8-25-18)14-19(24)20-10-16-6-4-5-15(2)9-16/h4-6,9,11-12,18H,3,7-8,10,13-14H2,1-2H3,(H,20,24)/t18-/m1/s1. The van der Waals surface area contributed by atoms with Crippen molar-refractivity contribution in [2.45, 2.75) is 33.0 Å². The number of amides is 1. The fourth-order valence-corrected chi connectivity index (χ4v) is 3.05. The zero-order valence-electron chi connectivity index (χ0n) is 14.9. The normalized spacial score (nSPS) is 18.2. The summed E-state index contributed by atoms with van der Waals surface area (Å²) in [5.41, 5.74) is 3.40. The maximum absolute atomic E-state index is 12.3. The van der Waals surface area contributed by atoms with E-state index in [9.17, 15) is 4.79 Å². The van der Waals surface area contributed by atoms with E-state index < -0.39 is 0 Å². The maximum atomic E-state index is 12.3. The number of nitrogens with one attached hydrogen (secondary N) is 1. The van der Waals surface area contributed by atoms with Crippen LogP contribution in [-0.4, -0.2) is 46.8 Å². The van der Waals surface area contributed by atoms with Crippen LogP contribution in [0.3, 0.4) is 0 Å². The van der Waals surface area contributed by atoms with Crippen LogP contribution in [-0.2, 0) is 22.6 Å². The molecule has 1 amide bonds. The number of ether oxygens (including phenoxy) is 1. The zero-order valence-corrected chi connectivity index (χ0v) is 14.9. The quantitative estimate of drug-likeness (QED) is 0.871. The second-order valence-corrected chi connectivity index (χ2v) is 6.49. The molecule has 1 fully saturated rings. The molecule has 6 heteroatoms. The van der Waals surface area contributed by atoms with Gasteiger partial charge >= 0.3 is 0 Å². The van der Waals surface area contributed by atoms with E-state index in [1.165, 1.54) is 5.56 Å². The first kappa shape index (κ1) is 17.6. The lowest BCUT2D eigenvalue weighted by atomic mass is 10.1. The van der Waals surface area contributed by atoms with Gasteiger partial charge in [0.2, 0.25) is 5.91 Å². The number of hydrogen-bond acceptors (Lipinski definition) is 4. The summed E-state index contributed by atoms with van der Waals surface area (Å²) in [6.07, 6.45) is 3.86. The molecule has 1 aliphatic heterocycles. The van der Waals surface area contributed by atoms with Gasteiger partial charge in [0.1, 0.15) is 0 Å². The first-order valence-corrected chi connectivity index (χ1v) is 8.82. The molecule has 2 heterocycles. The number of nitrogens with zero attached hydrogens (tertiary/aromatic N) is 3. The number of aryl methyl sites for hydroxylation is 2. The first-order chi connectivity index (χ1) is 12.1. The van der Waals surface area contributed by atoms with Crippen LogP contribution >= 0.6 is 0 Å². The van der Waals surface area contributed by atoms with Crippen molar-refractivity contribution in [1.29, 1.82) is 0 Å². The van der Waals surface area contributed by atoms with E-state index >= 15 is 0 Å². The summed E-state index contributed by atoms with van der Waals surface area (Å²) in [7, 11) is 0. The van der Waals surface area contributed by atoms with Gasteiger partial charge in [0.15, 0.2) is 0 Å². The molecule has 0 unspecified atom stereocenters. The molecule has 1 aromatic carbocycles. The highest BCUT2D eigenvalue weighted by atomic mass is 16.5. The Morgan fingerprint density at radius 2 is 2.32 bits per heavy atom. The predicted octanol–water partition coefficient (Wildman–Crippen LogP) is 1.90. The van der Waals surface area contributed by atoms with Crippen molar-refractivity contribution in [2.24, 2.45) is 0 Å². The van der Waals surface area contributed by atoms with Crippen molar-refractivity contribution in [3.63, 3.8) is 0 Å². The minimum atomic E-state index is -0.0152. The van der Waals surface area contributed by atoms with E-state index in [1.807, 2.05) is 29.2 Å². The van der Waals surface area contributed by atoms with Gasteiger partial charge in [0.25, 0.3) is 0 Å². The summed E-state index contributed by atoms with van der Waals surface area (Å²) in [4.78, 5) is 14.4. The highest BCUT2D eigenvalue weighted by Gasteiger charge is 2.24. The lowest BCUT2D eigenvalue weighted by molar-refractivity contribution is -0.124. The van der Waals surface area contributed by atoms with Crippen LogP contribution in [0.25, 0.3) is 0 Å². The second kappa shape index (κ2) is 8.27. The summed E-state index contributed by atoms with van der Waals surface area (Å²) in [6, 6.07) is 8.19. The summed E-state index contributed by atoms with van der Waals surface area (Å²) in [5.74, 6) is 0.0476. The number of aromatic nitrogens is 2. The fraction of sp³-hybridized carbons (Fsp3) is 0.474. The smallest absolute Gasteiger partial charge is 0.234 e. The van der Waals surface area contributed by atoms with Gasteiger partial charge in [-0.25, -0.2) is 0 Å². The molecule has 0 bridgehead atoms. The number of benzene rings is 1. The van der Waals surface area contributed by atoms with E-state index in [4.69, 9.17) is 4.74 Å². The summed E-state index contributed by atoms with van der Waals surface area (Å²) >= 11 is 0. The van der Waals surface area contributed by atoms with Crippen LogP contribution in [0.4, 0.5) is 0 Å². The summed E-state index contributed by atoms with van der Waals surface area (Å²) < 4.78 is 7.74. The maximum Gasteiger partial charge on any atom is 0.234 e. The van der Waals surface area contributed by atoms with E-state index in [-0.39, 0.29) is 12.0 Å². The third-order valence-electron chi connectivity index (χ3n) is 4.44. The van der Waals surface area contributed by atoms with Crippen LogP contribution in [0.5, 0.6) is 0 Å². The molecular formula is C19H26N4O2. The molecule has 0 spiro atoms. The second-order valence-electron chi connectivity index (χ2n) is 6.49. The molecule has 0 saturated carbocycles. The van der Waals surface area contributed by atoms with Crippen molar-refractivity contribution >= 4 is 5.91 Å². The zero-order chi connectivity index (χ0) is 17.6. The molecule has 6 nitrogen and oxygen atoms in total. The number of carbonyl (C=O) groups excluding carboxylic acids is 1. The molecule has 1 saturated heterocycles. The molecule has 25 heavy (non-hydrogen) atoms. The molecule has 3 rings (SSSR count). The Bertz CT molecular complexity index is 713. The number of morpholine rings is 1. The van der Waals surface area contributed by atoms with Gasteiger partial charge in [-0.05, 0) is 19.4 Å². The van der Waals surface area contributed by atoms with Crippen molar-refractivity contribution in [3.8, 4) is 0 Å². The number of hydrogen-bond donors (Lipinski definition) is 1. The third-order valence-corrected chi connectivity index (χ3v) is 4.44. The van der Waals surface area contributed by atoms with Gasteiger partial charge < -0.3 is 10.1 Å². The number of carbonyl (C=O) groups is 1. The summed E-state index contributed by atoms with van der Waals surface area (Å²) in [5, 5.41) is 7.31. The van der Waals surface area contributed by atoms with E-state index in [1.54, 1.807) is 0 Å². The molecular weight excluding hydrogens is 316 g/mol. The Hall–Kier alpha value is -2.18. The van der Waals surface area contributed by atoms with Crippen molar-refractivity contribution in [3.05, 3.63) is 53.3 Å². The van der Waals surface area contributed by atoms with Crippen LogP contribution in [0.2, 0.25) is 0 Å². The predicted molar refractivity (Wildman–Crippen MR) is 96.1 cm³/mol. The topological polar surface area (TPSA) is 59.4 Å². The van der Waals surface area contributed by atoms with Crippen molar-refractivity contribution in [1.82, 2.24) is 20.0 Å². The Balaban J connectivity index is 1.49. The Morgan fingerprint density at radius 3 is 3.08 bits per heavy atom. The summed E-state index contributed by atoms with van der Waals surface area (Å²) in [6.45, 7) is 8.04. The van der Waals surface area contributed by atoms with Gasteiger partial charge in [0.05, 0.1) is 25.5 Å². The van der Waals surface area contributed by atoms with E-state index in [2.05, 4.69) is 41.3 Å². The molecule has 0 radical (unpaired) electrons. The lowest BCUT2D eigenvalue weighted by Gasteiger charge is -2.32. The monoisotopic (exact) mass is 342 g/mol. The minimum Gasteiger partial charge on any atom is -0.371 e. The molecule has 1 N–H and O–H groups in total. The van der Waals surface area contributed by atoms with Crippen LogP contribution in [0, 0.1) is 6.92 Å². The Labute approximate surface area is 148 Å². The third kappa shape index (κ3) is 4.90. The molecule has 134 valence electrons. The van der Waals surface area contributed by atoms with Gasteiger partial charge in [-0.15, -0.1) is 0 Å². The fourth-order valence-electron chi connectivity index (χ4n) is 3.05. The minimum absolute atomic E-state index is 0.0152. The van der Waals surface area contributed by atoms with Crippen LogP contribution in [0.1, 0.15) is 29.7 Å². The van der Waals surface area contributed by atoms with Crippen molar-refractivity contribution in [2.75, 3.05) is 26.2 Å². The van der Waals surface area contributed by atoms with E-state index in [0.29, 0.717) is 26.2 Å². The number of rotatable bonds is 6. The average molecular weight is 342 g/mol. The molecule has 2 aromatic rings. The average Bonchev–Trinajstić information content (AvgIpc) is 3.10. The van der Waals surface area contributed by atoms with E-state index in [0.717, 1.165) is 24.2 Å². The highest BCUT2D eigenvalue weighted by molar-refractivity contribution is 5.78. The van der Waals surface area contributed by atoms with Crippen molar-refractivity contribution < 1.29 is 9.53 Å². The van der Waals surface area contributed by atoms with Gasteiger partial charge in [-0.2, -0.15) is 5.10 Å². The lowest BCUT2D eigenvalue weighted by Crippen LogP contribution is -2.44. The highest BCUT2D eigenvalue weighted by Crippen LogP contribution is 2.21. The van der Waals surface area contributed by atoms with Gasteiger partial charge in [0, 0.05) is 37.9 Å². The SMILES string of the molecule is CCn1cc([C@H]2CN(CC(=O)NCc3cccc(C)c3)CCO2)cn1. The van der Waals surface area contributed by atoms with Crippen LogP contribution in [0.15, 0.2) is 36.7 Å². The largest absolute Gasteiger partial charge is 0.371 e.